The Labute approximate surface area is 167 Å². The van der Waals surface area contributed by atoms with E-state index in [1.165, 1.54) is 0 Å². The van der Waals surface area contributed by atoms with Crippen molar-refractivity contribution in [3.63, 3.8) is 0 Å². The minimum atomic E-state index is -4.31. The van der Waals surface area contributed by atoms with Gasteiger partial charge in [0.2, 0.25) is 11.8 Å². The van der Waals surface area contributed by atoms with Crippen molar-refractivity contribution in [3.05, 3.63) is 0 Å². The van der Waals surface area contributed by atoms with Crippen LogP contribution in [-0.2, 0) is 32.7 Å². The Hall–Kier alpha value is -1.03. The minimum Gasteiger partial charge on any atom is -0.376 e. The maximum atomic E-state index is 11.9. The number of phosphoric acid groups is 1. The summed E-state index contributed by atoms with van der Waals surface area (Å²) in [4.78, 5) is 32.8. The first-order valence-electron chi connectivity index (χ1n) is 9.36. The first-order valence-corrected chi connectivity index (χ1v) is 10.9. The van der Waals surface area contributed by atoms with Crippen molar-refractivity contribution in [1.82, 2.24) is 10.6 Å². The lowest BCUT2D eigenvalue weighted by Gasteiger charge is -2.22. The Morgan fingerprint density at radius 1 is 0.964 bits per heavy atom. The van der Waals surface area contributed by atoms with Gasteiger partial charge in [-0.05, 0) is 41.5 Å². The van der Waals surface area contributed by atoms with Crippen LogP contribution in [0.15, 0.2) is 0 Å². The summed E-state index contributed by atoms with van der Waals surface area (Å²) in [5, 5.41) is 5.01. The van der Waals surface area contributed by atoms with Crippen LogP contribution in [0, 0.1) is 0 Å². The number of phosphoric ester groups is 1. The van der Waals surface area contributed by atoms with E-state index in [2.05, 4.69) is 10.6 Å². The predicted octanol–water partition coefficient (Wildman–Crippen LogP) is 1.37. The van der Waals surface area contributed by atoms with Crippen molar-refractivity contribution >= 4 is 19.6 Å². The second-order valence-corrected chi connectivity index (χ2v) is 8.49. The molecular formula is C17H35N2O8P. The first-order chi connectivity index (χ1) is 12.9. The lowest BCUT2D eigenvalue weighted by molar-refractivity contribution is -0.129. The van der Waals surface area contributed by atoms with Crippen molar-refractivity contribution in [3.8, 4) is 0 Å². The van der Waals surface area contributed by atoms with Gasteiger partial charge in [-0.3, -0.25) is 18.6 Å². The fraction of sp³-hybridized carbons (Fsp3) is 0.882. The van der Waals surface area contributed by atoms with E-state index in [9.17, 15) is 19.0 Å². The molecule has 10 nitrogen and oxygen atoms in total. The number of rotatable bonds is 15. The molecule has 2 amide bonds. The molecule has 0 aromatic rings. The third kappa shape index (κ3) is 16.0. The maximum Gasteiger partial charge on any atom is 0.472 e. The van der Waals surface area contributed by atoms with Crippen LogP contribution in [0.2, 0.25) is 0 Å². The Morgan fingerprint density at radius 2 is 1.61 bits per heavy atom. The maximum absolute atomic E-state index is 11.9. The summed E-state index contributed by atoms with van der Waals surface area (Å²) >= 11 is 0. The van der Waals surface area contributed by atoms with Gasteiger partial charge in [0.15, 0.2) is 0 Å². The standard InChI is InChI=1S/C17H35N2O8P/c1-12(2)19-17(21)9-16(20)18-7-8-25-28(22,23)26-11-15(27-14(5)6)10-24-13(3)4/h12-15H,7-11H2,1-6H3,(H,18,20)(H,19,21)(H,22,23). The monoisotopic (exact) mass is 426 g/mol. The summed E-state index contributed by atoms with van der Waals surface area (Å²) in [5.41, 5.74) is 0. The minimum absolute atomic E-state index is 0.0123. The van der Waals surface area contributed by atoms with E-state index in [-0.39, 0.29) is 51.0 Å². The van der Waals surface area contributed by atoms with Crippen molar-refractivity contribution in [2.75, 3.05) is 26.4 Å². The zero-order chi connectivity index (χ0) is 21.7. The smallest absolute Gasteiger partial charge is 0.376 e. The molecule has 166 valence electrons. The van der Waals surface area contributed by atoms with Crippen LogP contribution in [0.3, 0.4) is 0 Å². The molecule has 2 unspecified atom stereocenters. The lowest BCUT2D eigenvalue weighted by Crippen LogP contribution is -2.36. The van der Waals surface area contributed by atoms with Crippen LogP contribution in [0.5, 0.6) is 0 Å². The predicted molar refractivity (Wildman–Crippen MR) is 104 cm³/mol. The lowest BCUT2D eigenvalue weighted by atomic mass is 10.3. The van der Waals surface area contributed by atoms with Gasteiger partial charge < -0.3 is 25.0 Å². The molecule has 0 saturated carbocycles. The second kappa shape index (κ2) is 14.0. The summed E-state index contributed by atoms with van der Waals surface area (Å²) in [6, 6.07) is -0.0597. The van der Waals surface area contributed by atoms with Crippen LogP contribution in [0.25, 0.3) is 0 Å². The first kappa shape index (κ1) is 27.0. The number of amides is 2. The highest BCUT2D eigenvalue weighted by atomic mass is 31.2. The van der Waals surface area contributed by atoms with Gasteiger partial charge in [-0.15, -0.1) is 0 Å². The van der Waals surface area contributed by atoms with Crippen LogP contribution in [0.1, 0.15) is 48.0 Å². The number of hydrogen-bond acceptors (Lipinski definition) is 7. The summed E-state index contributed by atoms with van der Waals surface area (Å²) in [6.45, 7) is 10.7. The van der Waals surface area contributed by atoms with Crippen molar-refractivity contribution in [2.24, 2.45) is 0 Å². The van der Waals surface area contributed by atoms with Crippen molar-refractivity contribution in [1.29, 1.82) is 0 Å². The fourth-order valence-corrected chi connectivity index (χ4v) is 2.71. The van der Waals surface area contributed by atoms with E-state index in [1.807, 2.05) is 27.7 Å². The molecule has 0 aliphatic carbocycles. The van der Waals surface area contributed by atoms with Gasteiger partial charge in [-0.25, -0.2) is 4.57 Å². The van der Waals surface area contributed by atoms with Gasteiger partial charge in [0.25, 0.3) is 0 Å². The highest BCUT2D eigenvalue weighted by molar-refractivity contribution is 7.47. The molecule has 28 heavy (non-hydrogen) atoms. The Bertz CT molecular complexity index is 513. The molecule has 0 aromatic carbocycles. The molecule has 0 aliphatic rings. The van der Waals surface area contributed by atoms with E-state index >= 15 is 0 Å². The normalized spacial score (nSPS) is 14.9. The van der Waals surface area contributed by atoms with Gasteiger partial charge in [-0.1, -0.05) is 0 Å². The number of carbonyl (C=O) groups excluding carboxylic acids is 2. The van der Waals surface area contributed by atoms with Crippen LogP contribution >= 0.6 is 7.82 Å². The largest absolute Gasteiger partial charge is 0.472 e. The highest BCUT2D eigenvalue weighted by Gasteiger charge is 2.24. The molecular weight excluding hydrogens is 391 g/mol. The molecule has 0 heterocycles. The van der Waals surface area contributed by atoms with E-state index in [0.717, 1.165) is 0 Å². The molecule has 0 aromatic heterocycles. The number of nitrogens with one attached hydrogen (secondary N) is 2. The molecule has 11 heteroatoms. The van der Waals surface area contributed by atoms with E-state index < -0.39 is 25.7 Å². The number of carbonyl (C=O) groups is 2. The molecule has 0 spiro atoms. The molecule has 0 fully saturated rings. The summed E-state index contributed by atoms with van der Waals surface area (Å²) < 4.78 is 32.7. The third-order valence-electron chi connectivity index (χ3n) is 2.95. The molecule has 0 saturated heterocycles. The fourth-order valence-electron chi connectivity index (χ4n) is 1.96. The van der Waals surface area contributed by atoms with Crippen molar-refractivity contribution < 1.29 is 37.6 Å². The topological polar surface area (TPSA) is 132 Å². The zero-order valence-electron chi connectivity index (χ0n) is 17.6. The average molecular weight is 426 g/mol. The Morgan fingerprint density at radius 3 is 2.14 bits per heavy atom. The molecule has 0 bridgehead atoms. The Kier molecular flexibility index (Phi) is 13.5. The number of hydrogen-bond donors (Lipinski definition) is 3. The van der Waals surface area contributed by atoms with Gasteiger partial charge in [0, 0.05) is 12.6 Å². The van der Waals surface area contributed by atoms with Gasteiger partial charge >= 0.3 is 7.82 Å². The van der Waals surface area contributed by atoms with Crippen molar-refractivity contribution in [2.45, 2.75) is 72.3 Å². The third-order valence-corrected chi connectivity index (χ3v) is 3.94. The molecule has 3 N–H and O–H groups in total. The molecule has 0 aliphatic heterocycles. The molecule has 2 atom stereocenters. The Balaban J connectivity index is 4.18. The van der Waals surface area contributed by atoms with Gasteiger partial charge in [0.05, 0.1) is 32.0 Å². The molecule has 0 rings (SSSR count). The van der Waals surface area contributed by atoms with Crippen LogP contribution in [0.4, 0.5) is 0 Å². The van der Waals surface area contributed by atoms with Crippen LogP contribution < -0.4 is 10.6 Å². The SMILES string of the molecule is CC(C)NC(=O)CC(=O)NCCOP(=O)(O)OCC(COC(C)C)OC(C)C. The highest BCUT2D eigenvalue weighted by Crippen LogP contribution is 2.43. The summed E-state index contributed by atoms with van der Waals surface area (Å²) in [5.74, 6) is -0.906. The van der Waals surface area contributed by atoms with E-state index in [4.69, 9.17) is 18.5 Å². The van der Waals surface area contributed by atoms with E-state index in [0.29, 0.717) is 0 Å². The quantitative estimate of drug-likeness (QED) is 0.203. The number of ether oxygens (including phenoxy) is 2. The zero-order valence-corrected chi connectivity index (χ0v) is 18.5. The molecule has 0 radical (unpaired) electrons. The van der Waals surface area contributed by atoms with Crippen LogP contribution in [-0.4, -0.2) is 67.4 Å². The second-order valence-electron chi connectivity index (χ2n) is 7.04. The average Bonchev–Trinajstić information content (AvgIpc) is 2.53. The van der Waals surface area contributed by atoms with Gasteiger partial charge in [-0.2, -0.15) is 0 Å². The van der Waals surface area contributed by atoms with E-state index in [1.54, 1.807) is 13.8 Å². The summed E-state index contributed by atoms with van der Waals surface area (Å²) in [6.07, 6.45) is -0.964. The summed E-state index contributed by atoms with van der Waals surface area (Å²) in [7, 11) is -4.31. The van der Waals surface area contributed by atoms with Gasteiger partial charge in [0.1, 0.15) is 12.5 Å².